The molecule has 0 amide bonds. The number of hydrogen-bond donors (Lipinski definition) is 1. The molecule has 0 heterocycles. The lowest BCUT2D eigenvalue weighted by Gasteiger charge is -2.28. The third-order valence-electron chi connectivity index (χ3n) is 3.24. The molecule has 1 aliphatic rings. The molecule has 0 spiro atoms. The predicted octanol–water partition coefficient (Wildman–Crippen LogP) is 2.72. The topological polar surface area (TPSA) is 35.2 Å². The fourth-order valence-corrected chi connectivity index (χ4v) is 2.19. The maximum Gasteiger partial charge on any atom is 0.123 e. The van der Waals surface area contributed by atoms with Crippen LogP contribution in [0.25, 0.3) is 0 Å². The van der Waals surface area contributed by atoms with Crippen LogP contribution >= 0.6 is 0 Å². The van der Waals surface area contributed by atoms with Gasteiger partial charge in [-0.25, -0.2) is 4.39 Å². The summed E-state index contributed by atoms with van der Waals surface area (Å²) in [5.74, 6) is 1.20. The van der Waals surface area contributed by atoms with E-state index in [0.29, 0.717) is 5.92 Å². The van der Waals surface area contributed by atoms with E-state index in [1.807, 2.05) is 0 Å². The Kier molecular flexibility index (Phi) is 3.78. The van der Waals surface area contributed by atoms with E-state index in [1.54, 1.807) is 12.1 Å². The molecule has 0 aliphatic heterocycles. The zero-order chi connectivity index (χ0) is 11.4. The maximum atomic E-state index is 12.7. The van der Waals surface area contributed by atoms with Crippen LogP contribution in [-0.4, -0.2) is 12.6 Å². The molecule has 0 radical (unpaired) electrons. The molecule has 2 nitrogen and oxygen atoms in total. The van der Waals surface area contributed by atoms with E-state index >= 15 is 0 Å². The average Bonchev–Trinajstić information content (AvgIpc) is 2.33. The van der Waals surface area contributed by atoms with Crippen molar-refractivity contribution >= 4 is 0 Å². The summed E-state index contributed by atoms with van der Waals surface area (Å²) in [5, 5.41) is 0. The second-order valence-corrected chi connectivity index (χ2v) is 4.45. The Bertz CT molecular complexity index is 317. The van der Waals surface area contributed by atoms with E-state index in [0.717, 1.165) is 38.0 Å². The van der Waals surface area contributed by atoms with Crippen molar-refractivity contribution in [3.63, 3.8) is 0 Å². The molecule has 2 rings (SSSR count). The van der Waals surface area contributed by atoms with Gasteiger partial charge in [-0.1, -0.05) is 0 Å². The molecule has 1 aliphatic carbocycles. The molecule has 0 bridgehead atoms. The lowest BCUT2D eigenvalue weighted by molar-refractivity contribution is 0.133. The van der Waals surface area contributed by atoms with Crippen LogP contribution in [0, 0.1) is 11.7 Å². The van der Waals surface area contributed by atoms with Crippen LogP contribution in [0.2, 0.25) is 0 Å². The molecular weight excluding hydrogens is 205 g/mol. The number of halogens is 1. The summed E-state index contributed by atoms with van der Waals surface area (Å²) in [4.78, 5) is 0. The van der Waals surface area contributed by atoms with Crippen LogP contribution in [0.15, 0.2) is 24.3 Å². The first-order valence-electron chi connectivity index (χ1n) is 5.90. The molecule has 1 aromatic carbocycles. The summed E-state index contributed by atoms with van der Waals surface area (Å²) in [6.45, 7) is 0.781. The van der Waals surface area contributed by atoms with Crippen LogP contribution in [0.5, 0.6) is 5.75 Å². The Labute approximate surface area is 95.6 Å². The van der Waals surface area contributed by atoms with Crippen molar-refractivity contribution in [3.8, 4) is 5.75 Å². The summed E-state index contributed by atoms with van der Waals surface area (Å²) < 4.78 is 18.5. The van der Waals surface area contributed by atoms with Gasteiger partial charge in [0.1, 0.15) is 11.6 Å². The molecule has 16 heavy (non-hydrogen) atoms. The van der Waals surface area contributed by atoms with E-state index in [2.05, 4.69) is 0 Å². The minimum Gasteiger partial charge on any atom is -0.490 e. The summed E-state index contributed by atoms with van der Waals surface area (Å²) >= 11 is 0. The zero-order valence-electron chi connectivity index (χ0n) is 9.36. The molecule has 0 saturated heterocycles. The van der Waals surface area contributed by atoms with Gasteiger partial charge in [-0.15, -0.1) is 0 Å². The molecule has 0 atom stereocenters. The van der Waals surface area contributed by atoms with Crippen molar-refractivity contribution in [2.75, 3.05) is 6.54 Å². The van der Waals surface area contributed by atoms with Crippen LogP contribution in [0.1, 0.15) is 25.7 Å². The van der Waals surface area contributed by atoms with Crippen molar-refractivity contribution < 1.29 is 9.13 Å². The minimum absolute atomic E-state index is 0.223. The average molecular weight is 223 g/mol. The van der Waals surface area contributed by atoms with E-state index in [1.165, 1.54) is 12.1 Å². The molecule has 3 heteroatoms. The predicted molar refractivity (Wildman–Crippen MR) is 61.8 cm³/mol. The van der Waals surface area contributed by atoms with E-state index in [4.69, 9.17) is 10.5 Å². The molecular formula is C13H18FNO. The smallest absolute Gasteiger partial charge is 0.123 e. The Morgan fingerprint density at radius 1 is 1.12 bits per heavy atom. The maximum absolute atomic E-state index is 12.7. The van der Waals surface area contributed by atoms with Crippen LogP contribution in [0.4, 0.5) is 4.39 Å². The third-order valence-corrected chi connectivity index (χ3v) is 3.24. The highest BCUT2D eigenvalue weighted by Crippen LogP contribution is 2.26. The third kappa shape index (κ3) is 2.95. The van der Waals surface area contributed by atoms with Gasteiger partial charge in [0, 0.05) is 0 Å². The standard InChI is InChI=1S/C13H18FNO/c14-11-3-7-13(8-4-11)16-12-5-1-10(9-15)2-6-12/h3-4,7-8,10,12H,1-2,5-6,9,15H2. The van der Waals surface area contributed by atoms with Gasteiger partial charge in [0.2, 0.25) is 0 Å². The summed E-state index contributed by atoms with van der Waals surface area (Å²) in [7, 11) is 0. The van der Waals surface area contributed by atoms with E-state index < -0.39 is 0 Å². The number of hydrogen-bond acceptors (Lipinski definition) is 2. The first kappa shape index (κ1) is 11.4. The van der Waals surface area contributed by atoms with Crippen molar-refractivity contribution in [2.45, 2.75) is 31.8 Å². The van der Waals surface area contributed by atoms with Gasteiger partial charge < -0.3 is 10.5 Å². The lowest BCUT2D eigenvalue weighted by atomic mass is 9.87. The Balaban J connectivity index is 1.84. The van der Waals surface area contributed by atoms with Crippen LogP contribution < -0.4 is 10.5 Å². The molecule has 0 aromatic heterocycles. The molecule has 0 unspecified atom stereocenters. The minimum atomic E-state index is -0.223. The van der Waals surface area contributed by atoms with Gasteiger partial charge in [0.25, 0.3) is 0 Å². The molecule has 88 valence electrons. The number of rotatable bonds is 3. The highest BCUT2D eigenvalue weighted by Gasteiger charge is 2.21. The second-order valence-electron chi connectivity index (χ2n) is 4.45. The van der Waals surface area contributed by atoms with Gasteiger partial charge in [-0.3, -0.25) is 0 Å². The van der Waals surface area contributed by atoms with Crippen molar-refractivity contribution in [2.24, 2.45) is 11.7 Å². The van der Waals surface area contributed by atoms with Crippen molar-refractivity contribution in [3.05, 3.63) is 30.1 Å². The quantitative estimate of drug-likeness (QED) is 0.855. The molecule has 1 aromatic rings. The van der Waals surface area contributed by atoms with Gasteiger partial charge >= 0.3 is 0 Å². The summed E-state index contributed by atoms with van der Waals surface area (Å²) in [6.07, 6.45) is 4.66. The molecule has 1 saturated carbocycles. The Hall–Kier alpha value is -1.09. The van der Waals surface area contributed by atoms with Gasteiger partial charge in [-0.2, -0.15) is 0 Å². The van der Waals surface area contributed by atoms with E-state index in [9.17, 15) is 4.39 Å². The molecule has 2 N–H and O–H groups in total. The van der Waals surface area contributed by atoms with Gasteiger partial charge in [-0.05, 0) is 62.4 Å². The zero-order valence-corrected chi connectivity index (χ0v) is 9.36. The highest BCUT2D eigenvalue weighted by atomic mass is 19.1. The Morgan fingerprint density at radius 2 is 1.75 bits per heavy atom. The van der Waals surface area contributed by atoms with Crippen LogP contribution in [-0.2, 0) is 0 Å². The number of nitrogens with two attached hydrogens (primary N) is 1. The fraction of sp³-hybridized carbons (Fsp3) is 0.538. The van der Waals surface area contributed by atoms with Gasteiger partial charge in [0.15, 0.2) is 0 Å². The van der Waals surface area contributed by atoms with Gasteiger partial charge in [0.05, 0.1) is 6.10 Å². The molecule has 1 fully saturated rings. The van der Waals surface area contributed by atoms with E-state index in [-0.39, 0.29) is 11.9 Å². The second kappa shape index (κ2) is 5.30. The Morgan fingerprint density at radius 3 is 2.31 bits per heavy atom. The summed E-state index contributed by atoms with van der Waals surface area (Å²) in [6, 6.07) is 6.23. The SMILES string of the molecule is NCC1CCC(Oc2ccc(F)cc2)CC1. The fourth-order valence-electron chi connectivity index (χ4n) is 2.19. The largest absolute Gasteiger partial charge is 0.490 e. The normalized spacial score (nSPS) is 25.4. The first-order chi connectivity index (χ1) is 7.78. The highest BCUT2D eigenvalue weighted by molar-refractivity contribution is 5.22. The number of benzene rings is 1. The van der Waals surface area contributed by atoms with Crippen molar-refractivity contribution in [1.82, 2.24) is 0 Å². The van der Waals surface area contributed by atoms with Crippen molar-refractivity contribution in [1.29, 1.82) is 0 Å². The van der Waals surface area contributed by atoms with Crippen LogP contribution in [0.3, 0.4) is 0 Å². The lowest BCUT2D eigenvalue weighted by Crippen LogP contribution is -2.27. The number of ether oxygens (including phenoxy) is 1. The summed E-state index contributed by atoms with van der Waals surface area (Å²) in [5.41, 5.74) is 5.64. The monoisotopic (exact) mass is 223 g/mol. The first-order valence-corrected chi connectivity index (χ1v) is 5.90.